The van der Waals surface area contributed by atoms with Gasteiger partial charge in [0.1, 0.15) is 5.92 Å². The number of fused-ring (bicyclic) bond motifs is 1. The van der Waals surface area contributed by atoms with Gasteiger partial charge in [-0.2, -0.15) is 0 Å². The van der Waals surface area contributed by atoms with Crippen molar-refractivity contribution in [2.24, 2.45) is 23.7 Å². The molecular weight excluding hydrogens is 450 g/mol. The molecule has 3 aliphatic carbocycles. The topological polar surface area (TPSA) is 141 Å². The molecule has 0 radical (unpaired) electrons. The van der Waals surface area contributed by atoms with Crippen LogP contribution in [0.25, 0.3) is 0 Å². The fourth-order valence-electron chi connectivity index (χ4n) is 5.54. The van der Waals surface area contributed by atoms with Gasteiger partial charge in [0.15, 0.2) is 0 Å². The van der Waals surface area contributed by atoms with Gasteiger partial charge in [-0.1, -0.05) is 32.1 Å². The Hall–Kier alpha value is -1.74. The molecule has 0 aromatic heterocycles. The number of nitrogens with one attached hydrogen (secondary N) is 1. The molecule has 3 aliphatic rings. The minimum absolute atomic E-state index is 0.00440. The number of carbonyl (C=O) groups is 1. The molecule has 3 rings (SSSR count). The highest BCUT2D eigenvalue weighted by molar-refractivity contribution is 5.76. The number of hydrogen-bond donors (Lipinski definition) is 5. The standard InChI is InChI=1S/C27H43NO7/c1-4-15(2)27(34)35-24-13-20(30)9-17-6-5-16(3)23(26(17)24)8-7-19(29)12-22(32)14-25(33)28-18-10-21(31)11-18/h5-6,9,15-16,18-24,26,29-32H,4,7-8,10-14H2,1-3H3,(H,28,33)/p+1/t15-,16-,18?,19+,20+,21?,22+,23-,24-,26-/m0/s1. The number of rotatable bonds is 11. The Morgan fingerprint density at radius 1 is 1.23 bits per heavy atom. The van der Waals surface area contributed by atoms with E-state index in [0.29, 0.717) is 32.1 Å². The minimum atomic E-state index is -0.933. The van der Waals surface area contributed by atoms with E-state index in [1.54, 1.807) is 0 Å². The zero-order chi connectivity index (χ0) is 25.7. The highest BCUT2D eigenvalue weighted by Gasteiger charge is 2.45. The van der Waals surface area contributed by atoms with E-state index >= 15 is 0 Å². The average Bonchev–Trinajstić information content (AvgIpc) is 2.76. The van der Waals surface area contributed by atoms with Gasteiger partial charge in [0.25, 0.3) is 0 Å². The lowest BCUT2D eigenvalue weighted by atomic mass is 9.66. The maximum absolute atomic E-state index is 12.1. The number of aliphatic hydroxyl groups excluding tert-OH is 4. The van der Waals surface area contributed by atoms with Gasteiger partial charge in [-0.25, -0.2) is 0 Å². The summed E-state index contributed by atoms with van der Waals surface area (Å²) in [5, 5.41) is 43.4. The van der Waals surface area contributed by atoms with E-state index in [4.69, 9.17) is 4.74 Å². The summed E-state index contributed by atoms with van der Waals surface area (Å²) in [7, 11) is 0. The van der Waals surface area contributed by atoms with E-state index in [1.165, 1.54) is 0 Å². The van der Waals surface area contributed by atoms with Gasteiger partial charge in [-0.3, -0.25) is 4.79 Å². The van der Waals surface area contributed by atoms with Crippen LogP contribution in [0.4, 0.5) is 0 Å². The van der Waals surface area contributed by atoms with Crippen molar-refractivity contribution in [3.63, 3.8) is 0 Å². The molecule has 0 unspecified atom stereocenters. The van der Waals surface area contributed by atoms with Gasteiger partial charge >= 0.3 is 5.97 Å². The summed E-state index contributed by atoms with van der Waals surface area (Å²) in [6, 6.07) is -0.0288. The van der Waals surface area contributed by atoms with Crippen LogP contribution in [-0.4, -0.2) is 73.7 Å². The molecule has 35 heavy (non-hydrogen) atoms. The number of carbonyl (C=O) groups excluding carboxylic acids is 2. The summed E-state index contributed by atoms with van der Waals surface area (Å²) in [6.45, 7) is 6.02. The molecule has 0 aromatic rings. The number of ether oxygens (including phenoxy) is 1. The molecule has 8 nitrogen and oxygen atoms in total. The Balaban J connectivity index is 1.55. The molecule has 8 atom stereocenters. The molecule has 6 N–H and O–H groups in total. The molecule has 8 heteroatoms. The molecule has 198 valence electrons. The van der Waals surface area contributed by atoms with Crippen molar-refractivity contribution in [1.29, 1.82) is 0 Å². The van der Waals surface area contributed by atoms with Crippen LogP contribution >= 0.6 is 0 Å². The molecule has 1 amide bonds. The molecule has 0 saturated heterocycles. The van der Waals surface area contributed by atoms with E-state index in [-0.39, 0.29) is 66.6 Å². The maximum Gasteiger partial charge on any atom is 0.485 e. The first-order valence-corrected chi connectivity index (χ1v) is 13.2. The molecule has 0 bridgehead atoms. The third-order valence-corrected chi connectivity index (χ3v) is 7.96. The predicted molar refractivity (Wildman–Crippen MR) is 133 cm³/mol. The van der Waals surface area contributed by atoms with Crippen LogP contribution in [0.15, 0.2) is 23.8 Å². The SMILES string of the molecule is CC[C@H](C)C(=[OH+])O[C@H]1C[C@H](O)C=C2C=C[C@H](C)[C@H](CC[C@@H](O)C[C@@H](O)CC(=O)NC3CC(O)C3)[C@H]21. The fourth-order valence-corrected chi connectivity index (χ4v) is 5.54. The Kier molecular flexibility index (Phi) is 9.93. The Morgan fingerprint density at radius 3 is 2.60 bits per heavy atom. The van der Waals surface area contributed by atoms with E-state index in [0.717, 1.165) is 12.0 Å². The minimum Gasteiger partial charge on any atom is -0.393 e. The number of aliphatic hydroxyl groups is 4. The maximum atomic E-state index is 12.1. The first-order valence-electron chi connectivity index (χ1n) is 13.2. The van der Waals surface area contributed by atoms with E-state index in [9.17, 15) is 30.0 Å². The number of esters is 1. The van der Waals surface area contributed by atoms with Crippen LogP contribution in [0.2, 0.25) is 0 Å². The lowest BCUT2D eigenvalue weighted by Gasteiger charge is -2.40. The van der Waals surface area contributed by atoms with Crippen molar-refractivity contribution in [2.45, 2.75) is 109 Å². The Morgan fingerprint density at radius 2 is 1.94 bits per heavy atom. The van der Waals surface area contributed by atoms with Gasteiger partial charge in [0, 0.05) is 12.5 Å². The zero-order valence-corrected chi connectivity index (χ0v) is 21.2. The molecule has 0 aliphatic heterocycles. The third-order valence-electron chi connectivity index (χ3n) is 7.96. The van der Waals surface area contributed by atoms with Crippen molar-refractivity contribution in [3.8, 4) is 0 Å². The Labute approximate surface area is 208 Å². The summed E-state index contributed by atoms with van der Waals surface area (Å²) in [6.07, 6.45) is 6.44. The van der Waals surface area contributed by atoms with Gasteiger partial charge in [-0.15, -0.1) is 0 Å². The molecule has 1 fully saturated rings. The highest BCUT2D eigenvalue weighted by Crippen LogP contribution is 2.44. The van der Waals surface area contributed by atoms with Crippen LogP contribution in [0.3, 0.4) is 0 Å². The first-order chi connectivity index (χ1) is 16.6. The van der Waals surface area contributed by atoms with Crippen LogP contribution in [0.5, 0.6) is 0 Å². The van der Waals surface area contributed by atoms with Crippen molar-refractivity contribution < 1.29 is 34.8 Å². The van der Waals surface area contributed by atoms with Gasteiger partial charge < -0.3 is 35.3 Å². The average molecular weight is 495 g/mol. The smallest absolute Gasteiger partial charge is 0.393 e. The predicted octanol–water partition coefficient (Wildman–Crippen LogP) is 1.97. The molecular formula is C27H44NO7+. The lowest BCUT2D eigenvalue weighted by molar-refractivity contribution is -0.125. The molecule has 0 spiro atoms. The second-order valence-corrected chi connectivity index (χ2v) is 10.9. The number of hydrogen-bond acceptors (Lipinski definition) is 6. The number of amides is 1. The number of allylic oxidation sites excluding steroid dienone is 2. The van der Waals surface area contributed by atoms with Crippen LogP contribution in [0.1, 0.15) is 72.1 Å². The molecule has 0 aromatic carbocycles. The second-order valence-electron chi connectivity index (χ2n) is 10.9. The highest BCUT2D eigenvalue weighted by atomic mass is 16.5. The second kappa shape index (κ2) is 12.5. The molecule has 0 heterocycles. The van der Waals surface area contributed by atoms with Gasteiger partial charge in [-0.05, 0) is 62.9 Å². The summed E-state index contributed by atoms with van der Waals surface area (Å²) in [5.41, 5.74) is 1.00. The quantitative estimate of drug-likeness (QED) is 0.220. The van der Waals surface area contributed by atoms with Crippen molar-refractivity contribution in [2.75, 3.05) is 0 Å². The Bertz CT molecular complexity index is 790. The van der Waals surface area contributed by atoms with Crippen molar-refractivity contribution >= 4 is 11.9 Å². The summed E-state index contributed by atoms with van der Waals surface area (Å²) in [5.74, 6) is 0.0144. The third kappa shape index (κ3) is 7.62. The summed E-state index contributed by atoms with van der Waals surface area (Å²) in [4.78, 5) is 22.5. The van der Waals surface area contributed by atoms with E-state index in [1.807, 2.05) is 26.0 Å². The van der Waals surface area contributed by atoms with Gasteiger partial charge in [0.05, 0.1) is 36.8 Å². The monoisotopic (exact) mass is 494 g/mol. The lowest BCUT2D eigenvalue weighted by Crippen LogP contribution is -2.47. The van der Waals surface area contributed by atoms with E-state index in [2.05, 4.69) is 18.3 Å². The van der Waals surface area contributed by atoms with Gasteiger partial charge in [0.2, 0.25) is 12.0 Å². The van der Waals surface area contributed by atoms with Crippen molar-refractivity contribution in [1.82, 2.24) is 5.32 Å². The fraction of sp³-hybridized carbons (Fsp3) is 0.778. The first kappa shape index (κ1) is 27.8. The normalized spacial score (nSPS) is 34.6. The summed E-state index contributed by atoms with van der Waals surface area (Å²) >= 11 is 0. The van der Waals surface area contributed by atoms with E-state index < -0.39 is 18.3 Å². The van der Waals surface area contributed by atoms with Crippen LogP contribution in [-0.2, 0) is 9.53 Å². The van der Waals surface area contributed by atoms with Crippen LogP contribution in [0, 0.1) is 23.7 Å². The largest absolute Gasteiger partial charge is 0.485 e. The van der Waals surface area contributed by atoms with Crippen molar-refractivity contribution in [3.05, 3.63) is 23.8 Å². The summed E-state index contributed by atoms with van der Waals surface area (Å²) < 4.78 is 6.00. The zero-order valence-electron chi connectivity index (χ0n) is 21.2. The van der Waals surface area contributed by atoms with Crippen LogP contribution < -0.4 is 5.32 Å². The molecule has 1 saturated carbocycles.